The number of thioether (sulfide) groups is 1. The van der Waals surface area contributed by atoms with Gasteiger partial charge in [0, 0.05) is 5.75 Å². The average Bonchev–Trinajstić information content (AvgIpc) is 2.97. The SMILES string of the molecule is CSC[C@H]1O[C@@H](n2cnc3c(=O)[nH]cnc32)[C@@H](O)[C@H]1O. The molecule has 1 aliphatic rings. The minimum Gasteiger partial charge on any atom is -0.387 e. The van der Waals surface area contributed by atoms with Crippen molar-refractivity contribution in [2.75, 3.05) is 12.0 Å². The summed E-state index contributed by atoms with van der Waals surface area (Å²) in [5.41, 5.74) is 0.128. The highest BCUT2D eigenvalue weighted by atomic mass is 32.2. The Morgan fingerprint density at radius 2 is 2.25 bits per heavy atom. The summed E-state index contributed by atoms with van der Waals surface area (Å²) in [7, 11) is 0. The van der Waals surface area contributed by atoms with Crippen LogP contribution in [0.15, 0.2) is 17.4 Å². The largest absolute Gasteiger partial charge is 0.387 e. The zero-order chi connectivity index (χ0) is 14.3. The quantitative estimate of drug-likeness (QED) is 0.673. The van der Waals surface area contributed by atoms with Crippen LogP contribution in [0.2, 0.25) is 0 Å². The number of nitrogens with one attached hydrogen (secondary N) is 1. The molecule has 3 N–H and O–H groups in total. The fourth-order valence-electron chi connectivity index (χ4n) is 2.31. The Morgan fingerprint density at radius 3 is 3.00 bits per heavy atom. The molecule has 3 rings (SSSR count). The van der Waals surface area contributed by atoms with Gasteiger partial charge in [0.05, 0.1) is 18.8 Å². The van der Waals surface area contributed by atoms with Gasteiger partial charge in [-0.2, -0.15) is 11.8 Å². The first kappa shape index (κ1) is 13.6. The van der Waals surface area contributed by atoms with E-state index in [0.29, 0.717) is 11.4 Å². The van der Waals surface area contributed by atoms with Gasteiger partial charge in [-0.05, 0) is 6.26 Å². The summed E-state index contributed by atoms with van der Waals surface area (Å²) in [5.74, 6) is 0.565. The van der Waals surface area contributed by atoms with Crippen LogP contribution in [0.1, 0.15) is 6.23 Å². The van der Waals surface area contributed by atoms with E-state index in [0.717, 1.165) is 0 Å². The second-order valence-corrected chi connectivity index (χ2v) is 5.47. The zero-order valence-corrected chi connectivity index (χ0v) is 11.4. The van der Waals surface area contributed by atoms with Crippen molar-refractivity contribution >= 4 is 22.9 Å². The van der Waals surface area contributed by atoms with Crippen LogP contribution in [0.5, 0.6) is 0 Å². The molecule has 20 heavy (non-hydrogen) atoms. The highest BCUT2D eigenvalue weighted by molar-refractivity contribution is 7.98. The Hall–Kier alpha value is -1.42. The molecule has 1 aliphatic heterocycles. The van der Waals surface area contributed by atoms with Gasteiger partial charge in [0.1, 0.15) is 12.2 Å². The van der Waals surface area contributed by atoms with Gasteiger partial charge in [-0.25, -0.2) is 9.97 Å². The molecular weight excluding hydrogens is 284 g/mol. The summed E-state index contributed by atoms with van der Waals surface area (Å²) >= 11 is 1.52. The van der Waals surface area contributed by atoms with E-state index >= 15 is 0 Å². The van der Waals surface area contributed by atoms with Crippen molar-refractivity contribution in [3.63, 3.8) is 0 Å². The van der Waals surface area contributed by atoms with Crippen LogP contribution >= 0.6 is 11.8 Å². The van der Waals surface area contributed by atoms with Crippen molar-refractivity contribution in [2.45, 2.75) is 24.5 Å². The maximum absolute atomic E-state index is 11.6. The molecule has 8 nitrogen and oxygen atoms in total. The second-order valence-electron chi connectivity index (χ2n) is 4.56. The fourth-order valence-corrected chi connectivity index (χ4v) is 2.91. The molecule has 0 saturated carbocycles. The fraction of sp³-hybridized carbons (Fsp3) is 0.545. The summed E-state index contributed by atoms with van der Waals surface area (Å²) in [6.07, 6.45) is 1.20. The molecule has 4 atom stereocenters. The van der Waals surface area contributed by atoms with Crippen molar-refractivity contribution < 1.29 is 14.9 Å². The molecule has 0 aromatic carbocycles. The van der Waals surface area contributed by atoms with Crippen molar-refractivity contribution in [1.82, 2.24) is 19.5 Å². The first-order valence-electron chi connectivity index (χ1n) is 6.04. The number of imidazole rings is 1. The van der Waals surface area contributed by atoms with E-state index < -0.39 is 24.5 Å². The van der Waals surface area contributed by atoms with Gasteiger partial charge < -0.3 is 19.9 Å². The van der Waals surface area contributed by atoms with Gasteiger partial charge in [-0.3, -0.25) is 9.36 Å². The molecule has 0 aliphatic carbocycles. The van der Waals surface area contributed by atoms with E-state index in [-0.39, 0.29) is 11.1 Å². The number of aromatic amines is 1. The summed E-state index contributed by atoms with van der Waals surface area (Å²) in [6, 6.07) is 0. The predicted octanol–water partition coefficient (Wildman–Crippen LogP) is -0.898. The maximum atomic E-state index is 11.6. The van der Waals surface area contributed by atoms with Gasteiger partial charge in [0.25, 0.3) is 5.56 Å². The molecule has 2 aromatic heterocycles. The molecule has 3 heterocycles. The van der Waals surface area contributed by atoms with Gasteiger partial charge in [-0.1, -0.05) is 0 Å². The number of rotatable bonds is 3. The molecule has 0 bridgehead atoms. The number of nitrogens with zero attached hydrogens (tertiary/aromatic N) is 3. The third kappa shape index (κ3) is 2.03. The lowest BCUT2D eigenvalue weighted by molar-refractivity contribution is -0.0288. The van der Waals surface area contributed by atoms with Crippen molar-refractivity contribution in [3.8, 4) is 0 Å². The number of hydrogen-bond acceptors (Lipinski definition) is 7. The molecule has 1 fully saturated rings. The molecule has 2 aromatic rings. The molecule has 0 amide bonds. The summed E-state index contributed by atoms with van der Waals surface area (Å²) in [5, 5.41) is 20.1. The zero-order valence-electron chi connectivity index (χ0n) is 10.6. The summed E-state index contributed by atoms with van der Waals surface area (Å²) in [4.78, 5) is 22.0. The topological polar surface area (TPSA) is 113 Å². The summed E-state index contributed by atoms with van der Waals surface area (Å²) in [6.45, 7) is 0. The predicted molar refractivity (Wildman–Crippen MR) is 72.5 cm³/mol. The van der Waals surface area contributed by atoms with Crippen LogP contribution < -0.4 is 5.56 Å². The van der Waals surface area contributed by atoms with Crippen LogP contribution in [-0.4, -0.2) is 60.1 Å². The lowest BCUT2D eigenvalue weighted by Crippen LogP contribution is -2.32. The Morgan fingerprint density at radius 1 is 1.45 bits per heavy atom. The lowest BCUT2D eigenvalue weighted by Gasteiger charge is -2.16. The lowest BCUT2D eigenvalue weighted by atomic mass is 10.1. The van der Waals surface area contributed by atoms with Crippen molar-refractivity contribution in [3.05, 3.63) is 23.0 Å². The molecular formula is C11H14N4O4S. The van der Waals surface area contributed by atoms with Crippen LogP contribution in [-0.2, 0) is 4.74 Å². The number of aromatic nitrogens is 4. The van der Waals surface area contributed by atoms with Gasteiger partial charge >= 0.3 is 0 Å². The Kier molecular flexibility index (Phi) is 3.50. The second kappa shape index (κ2) is 5.17. The minimum absolute atomic E-state index is 0.172. The van der Waals surface area contributed by atoms with Crippen LogP contribution in [0.25, 0.3) is 11.2 Å². The van der Waals surface area contributed by atoms with Crippen LogP contribution in [0, 0.1) is 0 Å². The molecule has 0 unspecified atom stereocenters. The standard InChI is InChI=1S/C11H14N4O4S/c1-20-2-5-7(16)8(17)11(19-5)15-4-14-6-9(15)12-3-13-10(6)18/h3-5,7-8,11,16-17H,2H2,1H3,(H,12,13,18)/t5-,7+,8+,11-/m1/s1. The normalized spacial score (nSPS) is 30.1. The first-order chi connectivity index (χ1) is 9.63. The molecule has 9 heteroatoms. The number of fused-ring (bicyclic) bond motifs is 1. The third-order valence-electron chi connectivity index (χ3n) is 3.31. The molecule has 0 spiro atoms. The highest BCUT2D eigenvalue weighted by Gasteiger charge is 2.43. The van der Waals surface area contributed by atoms with E-state index in [9.17, 15) is 15.0 Å². The van der Waals surface area contributed by atoms with E-state index in [4.69, 9.17) is 4.74 Å². The molecule has 1 saturated heterocycles. The number of H-pyrrole nitrogens is 1. The summed E-state index contributed by atoms with van der Waals surface area (Å²) < 4.78 is 7.14. The molecule has 0 radical (unpaired) electrons. The maximum Gasteiger partial charge on any atom is 0.278 e. The minimum atomic E-state index is -1.09. The van der Waals surface area contributed by atoms with Crippen molar-refractivity contribution in [2.24, 2.45) is 0 Å². The van der Waals surface area contributed by atoms with Crippen LogP contribution in [0.3, 0.4) is 0 Å². The Bertz CT molecular complexity index is 672. The third-order valence-corrected chi connectivity index (χ3v) is 3.97. The van der Waals surface area contributed by atoms with Crippen LogP contribution in [0.4, 0.5) is 0 Å². The van der Waals surface area contributed by atoms with E-state index in [1.54, 1.807) is 0 Å². The number of aliphatic hydroxyl groups is 2. The van der Waals surface area contributed by atoms with E-state index in [2.05, 4.69) is 15.0 Å². The van der Waals surface area contributed by atoms with Gasteiger partial charge in [0.2, 0.25) is 0 Å². The van der Waals surface area contributed by atoms with Crippen molar-refractivity contribution in [1.29, 1.82) is 0 Å². The Labute approximate surface area is 117 Å². The van der Waals surface area contributed by atoms with E-state index in [1.165, 1.54) is 29.0 Å². The van der Waals surface area contributed by atoms with Gasteiger partial charge in [0.15, 0.2) is 17.4 Å². The number of aliphatic hydroxyl groups excluding tert-OH is 2. The van der Waals surface area contributed by atoms with E-state index in [1.807, 2.05) is 6.26 Å². The number of hydrogen-bond donors (Lipinski definition) is 3. The molecule has 108 valence electrons. The average molecular weight is 298 g/mol. The highest BCUT2D eigenvalue weighted by Crippen LogP contribution is 2.31. The first-order valence-corrected chi connectivity index (χ1v) is 7.43. The smallest absolute Gasteiger partial charge is 0.278 e. The number of ether oxygens (including phenoxy) is 1. The van der Waals surface area contributed by atoms with Gasteiger partial charge in [-0.15, -0.1) is 0 Å². The monoisotopic (exact) mass is 298 g/mol. The Balaban J connectivity index is 1.99.